The van der Waals surface area contributed by atoms with Crippen LogP contribution in [0.1, 0.15) is 30.0 Å². The van der Waals surface area contributed by atoms with Gasteiger partial charge in [0.15, 0.2) is 0 Å². The standard InChI is InChI=1S/C15H16N2O3/c1-15(2)7-12-16-11-6-9(14(19)20-3)4-5-10(11)13(18)17(12)8-15/h4-6H,7-8H2,1-3H3. The smallest absolute Gasteiger partial charge is 0.337 e. The molecule has 0 aliphatic carbocycles. The first kappa shape index (κ1) is 12.8. The van der Waals surface area contributed by atoms with Crippen molar-refractivity contribution in [3.05, 3.63) is 39.9 Å². The Balaban J connectivity index is 2.23. The number of methoxy groups -OCH3 is 1. The molecule has 1 aliphatic heterocycles. The van der Waals surface area contributed by atoms with Gasteiger partial charge in [0.25, 0.3) is 5.56 Å². The van der Waals surface area contributed by atoms with Gasteiger partial charge in [0.05, 0.1) is 23.6 Å². The molecule has 3 rings (SSSR count). The minimum absolute atomic E-state index is 0.0352. The van der Waals surface area contributed by atoms with Gasteiger partial charge >= 0.3 is 5.97 Å². The predicted octanol–water partition coefficient (Wildman–Crippen LogP) is 1.77. The normalized spacial score (nSPS) is 16.1. The summed E-state index contributed by atoms with van der Waals surface area (Å²) in [6, 6.07) is 4.87. The van der Waals surface area contributed by atoms with E-state index in [-0.39, 0.29) is 11.0 Å². The molecule has 2 heterocycles. The van der Waals surface area contributed by atoms with Crippen LogP contribution in [0, 0.1) is 5.41 Å². The summed E-state index contributed by atoms with van der Waals surface area (Å²) in [6.07, 6.45) is 0.765. The number of esters is 1. The summed E-state index contributed by atoms with van der Waals surface area (Å²) in [7, 11) is 1.33. The zero-order valence-electron chi connectivity index (χ0n) is 11.8. The number of benzene rings is 1. The molecule has 2 aromatic rings. The second-order valence-electron chi connectivity index (χ2n) is 5.98. The third-order valence-electron chi connectivity index (χ3n) is 3.68. The van der Waals surface area contributed by atoms with E-state index in [9.17, 15) is 9.59 Å². The summed E-state index contributed by atoms with van der Waals surface area (Å²) < 4.78 is 6.43. The molecule has 1 aliphatic rings. The topological polar surface area (TPSA) is 61.2 Å². The zero-order chi connectivity index (χ0) is 14.5. The van der Waals surface area contributed by atoms with E-state index >= 15 is 0 Å². The van der Waals surface area contributed by atoms with Crippen LogP contribution in [-0.4, -0.2) is 22.6 Å². The molecule has 0 radical (unpaired) electrons. The summed E-state index contributed by atoms with van der Waals surface area (Å²) in [5.41, 5.74) is 0.977. The number of carbonyl (C=O) groups is 1. The zero-order valence-corrected chi connectivity index (χ0v) is 11.8. The first-order chi connectivity index (χ1) is 9.41. The molecular weight excluding hydrogens is 256 g/mol. The van der Waals surface area contributed by atoms with E-state index in [0.717, 1.165) is 12.2 Å². The molecule has 104 valence electrons. The van der Waals surface area contributed by atoms with Crippen LogP contribution in [0.3, 0.4) is 0 Å². The lowest BCUT2D eigenvalue weighted by Gasteiger charge is -2.13. The van der Waals surface area contributed by atoms with Gasteiger partial charge in [-0.05, 0) is 23.6 Å². The minimum Gasteiger partial charge on any atom is -0.465 e. The van der Waals surface area contributed by atoms with Crippen LogP contribution in [0.15, 0.2) is 23.0 Å². The maximum Gasteiger partial charge on any atom is 0.337 e. The lowest BCUT2D eigenvalue weighted by Crippen LogP contribution is -2.23. The SMILES string of the molecule is COC(=O)c1ccc2c(=O)n3c(nc2c1)CC(C)(C)C3. The molecule has 0 atom stereocenters. The number of nitrogens with zero attached hydrogens (tertiary/aromatic N) is 2. The Labute approximate surface area is 116 Å². The lowest BCUT2D eigenvalue weighted by atomic mass is 9.92. The summed E-state index contributed by atoms with van der Waals surface area (Å²) in [5.74, 6) is 0.365. The first-order valence-electron chi connectivity index (χ1n) is 6.53. The molecule has 0 saturated heterocycles. The first-order valence-corrected chi connectivity index (χ1v) is 6.53. The lowest BCUT2D eigenvalue weighted by molar-refractivity contribution is 0.0601. The Morgan fingerprint density at radius 3 is 2.85 bits per heavy atom. The van der Waals surface area contributed by atoms with Crippen molar-refractivity contribution in [2.45, 2.75) is 26.8 Å². The third kappa shape index (κ3) is 1.90. The number of fused-ring (bicyclic) bond motifs is 2. The van der Waals surface area contributed by atoms with E-state index in [1.807, 2.05) is 0 Å². The highest BCUT2D eigenvalue weighted by molar-refractivity contribution is 5.94. The maximum atomic E-state index is 12.5. The fraction of sp³-hybridized carbons (Fsp3) is 0.400. The van der Waals surface area contributed by atoms with Gasteiger partial charge in [0, 0.05) is 13.0 Å². The fourth-order valence-corrected chi connectivity index (χ4v) is 2.72. The molecule has 0 fully saturated rings. The summed E-state index contributed by atoms with van der Waals surface area (Å²) >= 11 is 0. The Morgan fingerprint density at radius 1 is 1.40 bits per heavy atom. The van der Waals surface area contributed by atoms with Gasteiger partial charge in [0.2, 0.25) is 0 Å². The minimum atomic E-state index is -0.422. The highest BCUT2D eigenvalue weighted by Crippen LogP contribution is 2.29. The highest BCUT2D eigenvalue weighted by Gasteiger charge is 2.30. The van der Waals surface area contributed by atoms with Crippen LogP contribution < -0.4 is 5.56 Å². The molecule has 0 bridgehead atoms. The van der Waals surface area contributed by atoms with Gasteiger partial charge < -0.3 is 4.74 Å². The van der Waals surface area contributed by atoms with Crippen molar-refractivity contribution in [2.75, 3.05) is 7.11 Å². The predicted molar refractivity (Wildman–Crippen MR) is 74.8 cm³/mol. The highest BCUT2D eigenvalue weighted by atomic mass is 16.5. The summed E-state index contributed by atoms with van der Waals surface area (Å²) in [6.45, 7) is 4.92. The average molecular weight is 272 g/mol. The average Bonchev–Trinajstić information content (AvgIpc) is 2.72. The molecule has 0 unspecified atom stereocenters. The van der Waals surface area contributed by atoms with Crippen LogP contribution >= 0.6 is 0 Å². The second-order valence-corrected chi connectivity index (χ2v) is 5.98. The van der Waals surface area contributed by atoms with Crippen LogP contribution in [0.25, 0.3) is 10.9 Å². The molecular formula is C15H16N2O3. The van der Waals surface area contributed by atoms with Crippen molar-refractivity contribution in [2.24, 2.45) is 5.41 Å². The Morgan fingerprint density at radius 2 is 2.15 bits per heavy atom. The number of ether oxygens (including phenoxy) is 1. The van der Waals surface area contributed by atoms with Crippen molar-refractivity contribution in [3.63, 3.8) is 0 Å². The van der Waals surface area contributed by atoms with Crippen molar-refractivity contribution in [1.82, 2.24) is 9.55 Å². The summed E-state index contributed by atoms with van der Waals surface area (Å²) in [5, 5.41) is 0.541. The number of hydrogen-bond donors (Lipinski definition) is 0. The molecule has 1 aromatic heterocycles. The third-order valence-corrected chi connectivity index (χ3v) is 3.68. The van der Waals surface area contributed by atoms with E-state index in [1.54, 1.807) is 22.8 Å². The molecule has 1 aromatic carbocycles. The summed E-state index contributed by atoms with van der Waals surface area (Å²) in [4.78, 5) is 28.6. The van der Waals surface area contributed by atoms with Gasteiger partial charge in [0.1, 0.15) is 5.82 Å². The molecule has 5 heteroatoms. The largest absolute Gasteiger partial charge is 0.465 e. The van der Waals surface area contributed by atoms with E-state index in [0.29, 0.717) is 23.0 Å². The molecule has 0 spiro atoms. The molecule has 5 nitrogen and oxygen atoms in total. The Kier molecular flexibility index (Phi) is 2.67. The van der Waals surface area contributed by atoms with Crippen LogP contribution in [0.4, 0.5) is 0 Å². The van der Waals surface area contributed by atoms with Gasteiger partial charge in [-0.2, -0.15) is 0 Å². The van der Waals surface area contributed by atoms with E-state index in [1.165, 1.54) is 7.11 Å². The quantitative estimate of drug-likeness (QED) is 0.742. The van der Waals surface area contributed by atoms with Gasteiger partial charge in [-0.3, -0.25) is 9.36 Å². The molecule has 20 heavy (non-hydrogen) atoms. The van der Waals surface area contributed by atoms with Gasteiger partial charge in [-0.1, -0.05) is 13.8 Å². The van der Waals surface area contributed by atoms with E-state index < -0.39 is 5.97 Å². The number of aromatic nitrogens is 2. The van der Waals surface area contributed by atoms with Crippen molar-refractivity contribution >= 4 is 16.9 Å². The van der Waals surface area contributed by atoms with Gasteiger partial charge in [-0.25, -0.2) is 9.78 Å². The number of rotatable bonds is 1. The van der Waals surface area contributed by atoms with Gasteiger partial charge in [-0.15, -0.1) is 0 Å². The maximum absolute atomic E-state index is 12.5. The number of carbonyl (C=O) groups excluding carboxylic acids is 1. The molecule has 0 N–H and O–H groups in total. The molecule has 0 amide bonds. The van der Waals surface area contributed by atoms with Crippen molar-refractivity contribution < 1.29 is 9.53 Å². The van der Waals surface area contributed by atoms with Crippen LogP contribution in [0.2, 0.25) is 0 Å². The monoisotopic (exact) mass is 272 g/mol. The Hall–Kier alpha value is -2.17. The van der Waals surface area contributed by atoms with Crippen molar-refractivity contribution in [1.29, 1.82) is 0 Å². The van der Waals surface area contributed by atoms with E-state index in [2.05, 4.69) is 18.8 Å². The van der Waals surface area contributed by atoms with Crippen LogP contribution in [0.5, 0.6) is 0 Å². The second kappa shape index (κ2) is 4.16. The number of hydrogen-bond acceptors (Lipinski definition) is 4. The van der Waals surface area contributed by atoms with Crippen LogP contribution in [-0.2, 0) is 17.7 Å². The van der Waals surface area contributed by atoms with E-state index in [4.69, 9.17) is 4.74 Å². The Bertz CT molecular complexity index is 775. The van der Waals surface area contributed by atoms with Crippen molar-refractivity contribution in [3.8, 4) is 0 Å². The molecule has 0 saturated carbocycles. The fourth-order valence-electron chi connectivity index (χ4n) is 2.72.